The lowest BCUT2D eigenvalue weighted by molar-refractivity contribution is -0.291. The Morgan fingerprint density at radius 3 is 1.80 bits per heavy atom. The summed E-state index contributed by atoms with van der Waals surface area (Å²) in [7, 11) is 0. The van der Waals surface area contributed by atoms with Gasteiger partial charge in [-0.25, -0.2) is 4.39 Å². The van der Waals surface area contributed by atoms with Crippen molar-refractivity contribution in [3.8, 4) is 0 Å². The van der Waals surface area contributed by atoms with Gasteiger partial charge in [-0.05, 0) is 17.7 Å². The molecule has 20 heavy (non-hydrogen) atoms. The lowest BCUT2D eigenvalue weighted by atomic mass is 9.98. The van der Waals surface area contributed by atoms with E-state index in [4.69, 9.17) is 0 Å². The summed E-state index contributed by atoms with van der Waals surface area (Å²) in [6.07, 6.45) is -11.3. The van der Waals surface area contributed by atoms with Crippen molar-refractivity contribution in [2.24, 2.45) is 5.73 Å². The van der Waals surface area contributed by atoms with Crippen molar-refractivity contribution in [1.82, 2.24) is 0 Å². The smallest absolute Gasteiger partial charge is 0.319 e. The van der Waals surface area contributed by atoms with E-state index in [1.165, 1.54) is 0 Å². The number of nitrogens with two attached hydrogens (primary N) is 1. The first-order valence-electron chi connectivity index (χ1n) is 4.85. The van der Waals surface area contributed by atoms with Gasteiger partial charge in [-0.2, -0.15) is 35.1 Å². The maximum absolute atomic E-state index is 12.9. The van der Waals surface area contributed by atoms with Gasteiger partial charge < -0.3 is 5.73 Å². The van der Waals surface area contributed by atoms with Gasteiger partial charge in [0, 0.05) is 0 Å². The normalized spacial score (nSPS) is 15.3. The minimum atomic E-state index is -6.04. The molecule has 0 saturated carbocycles. The molecule has 10 heteroatoms. The van der Waals surface area contributed by atoms with E-state index >= 15 is 0 Å². The molecule has 0 aliphatic heterocycles. The van der Waals surface area contributed by atoms with E-state index in [9.17, 15) is 39.5 Å². The standard InChI is InChI=1S/C10H6F9N/c11-6-2-1-4(3-5(6)9(14,15)16)7(20)8(12,13)10(17,18)19/h1-3,7H,20H2/t7-/m1/s1. The van der Waals surface area contributed by atoms with Crippen molar-refractivity contribution < 1.29 is 39.5 Å². The highest BCUT2D eigenvalue weighted by Gasteiger charge is 2.61. The molecule has 1 nitrogen and oxygen atoms in total. The Labute approximate surface area is 106 Å². The van der Waals surface area contributed by atoms with E-state index in [2.05, 4.69) is 5.73 Å². The zero-order valence-electron chi connectivity index (χ0n) is 9.29. The van der Waals surface area contributed by atoms with Gasteiger partial charge in [0.1, 0.15) is 11.9 Å². The Balaban J connectivity index is 3.29. The molecule has 2 N–H and O–H groups in total. The van der Waals surface area contributed by atoms with Crippen LogP contribution in [0.2, 0.25) is 0 Å². The van der Waals surface area contributed by atoms with Gasteiger partial charge in [0.05, 0.1) is 5.56 Å². The predicted molar refractivity (Wildman–Crippen MR) is 49.3 cm³/mol. The SMILES string of the molecule is N[C@H](c1ccc(F)c(C(F)(F)F)c1)C(F)(F)C(F)(F)F. The maximum atomic E-state index is 12.9. The van der Waals surface area contributed by atoms with E-state index in [0.29, 0.717) is 6.07 Å². The van der Waals surface area contributed by atoms with Gasteiger partial charge in [-0.1, -0.05) is 6.07 Å². The molecule has 0 saturated heterocycles. The Morgan fingerprint density at radius 1 is 0.900 bits per heavy atom. The van der Waals surface area contributed by atoms with Crippen molar-refractivity contribution >= 4 is 0 Å². The number of halogens is 9. The first-order chi connectivity index (χ1) is 8.78. The van der Waals surface area contributed by atoms with E-state index in [1.807, 2.05) is 0 Å². The summed E-state index contributed by atoms with van der Waals surface area (Å²) in [6, 6.07) is -2.77. The van der Waals surface area contributed by atoms with Gasteiger partial charge in [0.15, 0.2) is 0 Å². The van der Waals surface area contributed by atoms with Crippen LogP contribution in [0.25, 0.3) is 0 Å². The Bertz CT molecular complexity index is 488. The monoisotopic (exact) mass is 311 g/mol. The molecule has 0 heterocycles. The van der Waals surface area contributed by atoms with E-state index in [-0.39, 0.29) is 12.1 Å². The van der Waals surface area contributed by atoms with E-state index in [1.54, 1.807) is 0 Å². The fraction of sp³-hybridized carbons (Fsp3) is 0.400. The van der Waals surface area contributed by atoms with Crippen LogP contribution in [-0.2, 0) is 6.18 Å². The molecule has 0 bridgehead atoms. The predicted octanol–water partition coefficient (Wildman–Crippen LogP) is 4.04. The molecule has 0 aromatic heterocycles. The number of alkyl halides is 8. The van der Waals surface area contributed by atoms with Crippen LogP contribution in [-0.4, -0.2) is 12.1 Å². The average Bonchev–Trinajstić information content (AvgIpc) is 2.25. The molecule has 0 unspecified atom stereocenters. The zero-order chi connectivity index (χ0) is 15.9. The minimum absolute atomic E-state index is 0.129. The van der Waals surface area contributed by atoms with Crippen LogP contribution in [0.3, 0.4) is 0 Å². The fourth-order valence-electron chi connectivity index (χ4n) is 1.34. The molecule has 0 spiro atoms. The summed E-state index contributed by atoms with van der Waals surface area (Å²) < 4.78 is 112. The maximum Gasteiger partial charge on any atom is 0.455 e. The van der Waals surface area contributed by atoms with Crippen molar-refractivity contribution in [1.29, 1.82) is 0 Å². The Hall–Kier alpha value is -1.45. The van der Waals surface area contributed by atoms with Gasteiger partial charge >= 0.3 is 18.3 Å². The van der Waals surface area contributed by atoms with Crippen molar-refractivity contribution in [2.45, 2.75) is 24.3 Å². The van der Waals surface area contributed by atoms with E-state index < -0.39 is 41.3 Å². The molecular weight excluding hydrogens is 305 g/mol. The van der Waals surface area contributed by atoms with Gasteiger partial charge in [0.25, 0.3) is 0 Å². The average molecular weight is 311 g/mol. The largest absolute Gasteiger partial charge is 0.455 e. The van der Waals surface area contributed by atoms with Crippen molar-refractivity contribution in [2.75, 3.05) is 0 Å². The molecule has 0 amide bonds. The van der Waals surface area contributed by atoms with Gasteiger partial charge in [-0.15, -0.1) is 0 Å². The second-order valence-corrected chi connectivity index (χ2v) is 3.84. The third-order valence-corrected chi connectivity index (χ3v) is 2.42. The Morgan fingerprint density at radius 2 is 1.40 bits per heavy atom. The second-order valence-electron chi connectivity index (χ2n) is 3.84. The second kappa shape index (κ2) is 4.83. The van der Waals surface area contributed by atoms with Crippen LogP contribution in [0.5, 0.6) is 0 Å². The molecule has 114 valence electrons. The third kappa shape index (κ3) is 3.00. The van der Waals surface area contributed by atoms with E-state index in [0.717, 1.165) is 0 Å². The molecule has 1 aromatic carbocycles. The molecule has 1 rings (SSSR count). The summed E-state index contributed by atoms with van der Waals surface area (Å²) in [6.45, 7) is 0. The van der Waals surface area contributed by atoms with Gasteiger partial charge in [0.2, 0.25) is 0 Å². The quantitative estimate of drug-likeness (QED) is 0.820. The first kappa shape index (κ1) is 16.6. The molecule has 0 aliphatic carbocycles. The topological polar surface area (TPSA) is 26.0 Å². The molecule has 0 aliphatic rings. The van der Waals surface area contributed by atoms with Crippen molar-refractivity contribution in [3.05, 3.63) is 35.1 Å². The number of hydrogen-bond donors (Lipinski definition) is 1. The molecule has 1 aromatic rings. The zero-order valence-corrected chi connectivity index (χ0v) is 9.29. The number of rotatable bonds is 2. The lowest BCUT2D eigenvalue weighted by Crippen LogP contribution is -2.45. The molecular formula is C10H6F9N. The molecule has 0 fully saturated rings. The molecule has 0 radical (unpaired) electrons. The summed E-state index contributed by atoms with van der Waals surface area (Å²) in [5.74, 6) is -7.25. The van der Waals surface area contributed by atoms with Crippen LogP contribution in [0.15, 0.2) is 18.2 Å². The summed E-state index contributed by atoms with van der Waals surface area (Å²) in [5, 5.41) is 0. The van der Waals surface area contributed by atoms with Crippen LogP contribution in [0.1, 0.15) is 17.2 Å². The highest BCUT2D eigenvalue weighted by molar-refractivity contribution is 5.30. The summed E-state index contributed by atoms with van der Waals surface area (Å²) in [4.78, 5) is 0. The highest BCUT2D eigenvalue weighted by atomic mass is 19.4. The Kier molecular flexibility index (Phi) is 4.01. The number of hydrogen-bond acceptors (Lipinski definition) is 1. The fourth-order valence-corrected chi connectivity index (χ4v) is 1.34. The van der Waals surface area contributed by atoms with Crippen molar-refractivity contribution in [3.63, 3.8) is 0 Å². The summed E-state index contributed by atoms with van der Waals surface area (Å²) in [5.41, 5.74) is 1.51. The van der Waals surface area contributed by atoms with Crippen LogP contribution < -0.4 is 5.73 Å². The highest BCUT2D eigenvalue weighted by Crippen LogP contribution is 2.44. The van der Waals surface area contributed by atoms with Crippen LogP contribution >= 0.6 is 0 Å². The minimum Gasteiger partial charge on any atom is -0.319 e. The first-order valence-corrected chi connectivity index (χ1v) is 4.85. The lowest BCUT2D eigenvalue weighted by Gasteiger charge is -2.26. The summed E-state index contributed by atoms with van der Waals surface area (Å²) >= 11 is 0. The van der Waals surface area contributed by atoms with Crippen LogP contribution in [0.4, 0.5) is 39.5 Å². The third-order valence-electron chi connectivity index (χ3n) is 2.42. The van der Waals surface area contributed by atoms with Gasteiger partial charge in [-0.3, -0.25) is 0 Å². The number of benzene rings is 1. The van der Waals surface area contributed by atoms with Crippen LogP contribution in [0, 0.1) is 5.82 Å². The molecule has 1 atom stereocenters.